The van der Waals surface area contributed by atoms with Crippen molar-refractivity contribution in [2.75, 3.05) is 0 Å². The molecule has 1 unspecified atom stereocenters. The van der Waals surface area contributed by atoms with Gasteiger partial charge in [-0.05, 0) is 41.5 Å². The first-order valence-electron chi connectivity index (χ1n) is 5.39. The van der Waals surface area contributed by atoms with Crippen LogP contribution in [-0.2, 0) is 14.3 Å². The molecule has 0 spiro atoms. The van der Waals surface area contributed by atoms with Crippen molar-refractivity contribution in [1.82, 2.24) is 5.32 Å². The molecule has 0 aliphatic heterocycles. The summed E-state index contributed by atoms with van der Waals surface area (Å²) in [6.45, 7) is 10.5. The Bertz CT molecular complexity index is 291. The van der Waals surface area contributed by atoms with Crippen molar-refractivity contribution in [3.63, 3.8) is 0 Å². The molecule has 100 valence electrons. The highest BCUT2D eigenvalue weighted by Gasteiger charge is 2.25. The van der Waals surface area contributed by atoms with E-state index in [0.717, 1.165) is 0 Å². The van der Waals surface area contributed by atoms with E-state index in [1.165, 1.54) is 0 Å². The molecule has 0 aliphatic rings. The van der Waals surface area contributed by atoms with Crippen molar-refractivity contribution >= 4 is 21.3 Å². The first-order valence-corrected chi connectivity index (χ1v) is 6.05. The third-order valence-electron chi connectivity index (χ3n) is 1.33. The maximum Gasteiger partial charge on any atom is 0.408 e. The molecule has 17 heavy (non-hydrogen) atoms. The highest BCUT2D eigenvalue weighted by Crippen LogP contribution is 2.12. The topological polar surface area (TPSA) is 64.6 Å². The highest BCUT2D eigenvalue weighted by atomic mass is 31.0. The molecule has 0 bridgehead atoms. The molecule has 0 fully saturated rings. The van der Waals surface area contributed by atoms with Crippen LogP contribution in [0.25, 0.3) is 0 Å². The van der Waals surface area contributed by atoms with Crippen LogP contribution in [0, 0.1) is 0 Å². The van der Waals surface area contributed by atoms with Crippen LogP contribution in [0.1, 0.15) is 41.5 Å². The lowest BCUT2D eigenvalue weighted by atomic mass is 10.2. The Morgan fingerprint density at radius 3 is 1.76 bits per heavy atom. The lowest BCUT2D eigenvalue weighted by molar-refractivity contribution is -0.154. The Kier molecular flexibility index (Phi) is 5.40. The molecule has 5 nitrogen and oxygen atoms in total. The summed E-state index contributed by atoms with van der Waals surface area (Å²) in [6, 6.07) is 0. The van der Waals surface area contributed by atoms with Crippen molar-refractivity contribution in [1.29, 1.82) is 0 Å². The van der Waals surface area contributed by atoms with Gasteiger partial charge in [0.1, 0.15) is 17.0 Å². The third-order valence-corrected chi connectivity index (χ3v) is 1.77. The van der Waals surface area contributed by atoms with Crippen molar-refractivity contribution in [3.8, 4) is 0 Å². The molecule has 0 heterocycles. The van der Waals surface area contributed by atoms with Crippen LogP contribution in [0.2, 0.25) is 0 Å². The average Bonchev–Trinajstić information content (AvgIpc) is 1.95. The van der Waals surface area contributed by atoms with E-state index in [0.29, 0.717) is 0 Å². The second kappa shape index (κ2) is 5.67. The largest absolute Gasteiger partial charge is 0.458 e. The molecule has 0 saturated heterocycles. The number of nitrogens with one attached hydrogen (secondary N) is 1. The quantitative estimate of drug-likeness (QED) is 0.611. The summed E-state index contributed by atoms with van der Waals surface area (Å²) in [6.07, 6.45) is -0.650. The van der Waals surface area contributed by atoms with Crippen LogP contribution in [0.4, 0.5) is 4.79 Å². The Balaban J connectivity index is 4.22. The van der Waals surface area contributed by atoms with Gasteiger partial charge in [0.25, 0.3) is 0 Å². The molecule has 0 aromatic rings. The van der Waals surface area contributed by atoms with Crippen LogP contribution in [0.15, 0.2) is 0 Å². The highest BCUT2D eigenvalue weighted by molar-refractivity contribution is 7.19. The van der Waals surface area contributed by atoms with E-state index in [-0.39, 0.29) is 0 Å². The molecular weight excluding hydrogens is 241 g/mol. The fraction of sp³-hybridized carbons (Fsp3) is 0.818. The summed E-state index contributed by atoms with van der Waals surface area (Å²) in [7, 11) is 2.20. The van der Waals surface area contributed by atoms with E-state index in [4.69, 9.17) is 9.47 Å². The predicted octanol–water partition coefficient (Wildman–Crippen LogP) is 2.05. The van der Waals surface area contributed by atoms with Gasteiger partial charge in [-0.3, -0.25) is 0 Å². The van der Waals surface area contributed by atoms with Gasteiger partial charge in [0.2, 0.25) is 0 Å². The third kappa shape index (κ3) is 8.93. The minimum atomic E-state index is -0.816. The number of hydrogen-bond donors (Lipinski definition) is 1. The van der Waals surface area contributed by atoms with E-state index in [1.807, 2.05) is 0 Å². The summed E-state index contributed by atoms with van der Waals surface area (Å²) in [4.78, 5) is 22.9. The second-order valence-electron chi connectivity index (χ2n) is 5.66. The summed E-state index contributed by atoms with van der Waals surface area (Å²) in [5.74, 6) is -1.34. The number of carbonyl (C=O) groups is 2. The van der Waals surface area contributed by atoms with Crippen molar-refractivity contribution in [2.45, 2.75) is 58.5 Å². The lowest BCUT2D eigenvalue weighted by Crippen LogP contribution is -2.42. The van der Waals surface area contributed by atoms with E-state index < -0.39 is 29.0 Å². The first kappa shape index (κ1) is 16.2. The molecule has 6 heteroatoms. The predicted molar refractivity (Wildman–Crippen MR) is 68.7 cm³/mol. The van der Waals surface area contributed by atoms with Crippen LogP contribution >= 0.6 is 9.24 Å². The van der Waals surface area contributed by atoms with Gasteiger partial charge in [0.05, 0.1) is 0 Å². The average molecular weight is 263 g/mol. The minimum Gasteiger partial charge on any atom is -0.458 e. The normalized spacial score (nSPS) is 13.8. The second-order valence-corrected chi connectivity index (χ2v) is 6.32. The van der Waals surface area contributed by atoms with E-state index in [9.17, 15) is 9.59 Å². The van der Waals surface area contributed by atoms with Crippen molar-refractivity contribution in [2.24, 2.45) is 0 Å². The van der Waals surface area contributed by atoms with Crippen LogP contribution < -0.4 is 5.32 Å². The van der Waals surface area contributed by atoms with Gasteiger partial charge in [-0.15, -0.1) is 9.24 Å². The molecule has 0 radical (unpaired) electrons. The summed E-state index contributed by atoms with van der Waals surface area (Å²) >= 11 is 0. The lowest BCUT2D eigenvalue weighted by Gasteiger charge is -2.24. The molecule has 0 aliphatic carbocycles. The van der Waals surface area contributed by atoms with Gasteiger partial charge in [0, 0.05) is 0 Å². The Hall–Kier alpha value is -0.830. The molecule has 0 aromatic heterocycles. The maximum atomic E-state index is 11.5. The number of rotatable bonds is 2. The van der Waals surface area contributed by atoms with E-state index in [1.54, 1.807) is 41.5 Å². The first-order chi connectivity index (χ1) is 7.41. The Morgan fingerprint density at radius 2 is 1.41 bits per heavy atom. The van der Waals surface area contributed by atoms with Gasteiger partial charge >= 0.3 is 12.1 Å². The van der Waals surface area contributed by atoms with Gasteiger partial charge in [-0.1, -0.05) is 0 Å². The molecule has 0 rings (SSSR count). The fourth-order valence-corrected chi connectivity index (χ4v) is 1.06. The number of ether oxygens (including phenoxy) is 2. The zero-order valence-electron chi connectivity index (χ0n) is 11.3. The van der Waals surface area contributed by atoms with Crippen LogP contribution in [-0.4, -0.2) is 29.0 Å². The van der Waals surface area contributed by atoms with E-state index in [2.05, 4.69) is 14.6 Å². The van der Waals surface area contributed by atoms with Gasteiger partial charge in [-0.25, -0.2) is 9.59 Å². The Labute approximate surface area is 105 Å². The smallest absolute Gasteiger partial charge is 0.408 e. The zero-order chi connectivity index (χ0) is 13.9. The zero-order valence-corrected chi connectivity index (χ0v) is 12.4. The molecule has 1 amide bonds. The number of hydrogen-bond acceptors (Lipinski definition) is 4. The maximum absolute atomic E-state index is 11.5. The molecular formula is C11H22NO4P. The SMILES string of the molecule is CC(C)(C)OC(=O)N[C@@H](P)C(=O)OC(C)(C)C. The standard InChI is InChI=1S/C11H22NO4P/c1-10(2,3)15-8(13)7(17)12-9(14)16-11(4,5)6/h7H,17H2,1-6H3,(H,12,14)/t7-/m0/s1. The Morgan fingerprint density at radius 1 is 1.00 bits per heavy atom. The monoisotopic (exact) mass is 263 g/mol. The van der Waals surface area contributed by atoms with Gasteiger partial charge in [-0.2, -0.15) is 0 Å². The summed E-state index contributed by atoms with van der Waals surface area (Å²) in [5, 5.41) is 2.39. The number of alkyl carbamates (subject to hydrolysis) is 1. The molecule has 2 atom stereocenters. The van der Waals surface area contributed by atoms with Crippen molar-refractivity contribution < 1.29 is 19.1 Å². The van der Waals surface area contributed by atoms with E-state index >= 15 is 0 Å². The molecule has 1 N–H and O–H groups in total. The molecule has 0 aromatic carbocycles. The van der Waals surface area contributed by atoms with Gasteiger partial charge in [0.15, 0.2) is 0 Å². The number of amides is 1. The van der Waals surface area contributed by atoms with Gasteiger partial charge < -0.3 is 14.8 Å². The summed E-state index contributed by atoms with van der Waals surface area (Å²) < 4.78 is 10.1. The van der Waals surface area contributed by atoms with Crippen LogP contribution in [0.3, 0.4) is 0 Å². The number of carbonyl (C=O) groups excluding carboxylic acids is 2. The number of esters is 1. The fourth-order valence-electron chi connectivity index (χ4n) is 0.859. The summed E-state index contributed by atoms with van der Waals surface area (Å²) in [5.41, 5.74) is -1.18. The minimum absolute atomic E-state index is 0.520. The molecule has 0 saturated carbocycles. The van der Waals surface area contributed by atoms with Crippen LogP contribution in [0.5, 0.6) is 0 Å². The van der Waals surface area contributed by atoms with Crippen molar-refractivity contribution in [3.05, 3.63) is 0 Å².